The summed E-state index contributed by atoms with van der Waals surface area (Å²) in [5.74, 6) is 0.797. The summed E-state index contributed by atoms with van der Waals surface area (Å²) in [6.07, 6.45) is 2.15. The minimum Gasteiger partial charge on any atom is -0.275 e. The number of carbonyl (C=O) groups is 1. The predicted molar refractivity (Wildman–Crippen MR) is 48.7 cm³/mol. The van der Waals surface area contributed by atoms with Gasteiger partial charge in [-0.2, -0.15) is 0 Å². The molecule has 3 nitrogen and oxygen atoms in total. The molecular weight excluding hydrogens is 166 g/mol. The summed E-state index contributed by atoms with van der Waals surface area (Å²) in [6.45, 7) is 4.41. The molecule has 2 saturated carbocycles. The number of amides is 1. The van der Waals surface area contributed by atoms with Crippen molar-refractivity contribution in [1.29, 1.82) is 0 Å². The molecule has 0 aromatic carbocycles. The number of rotatable bonds is 3. The van der Waals surface area contributed by atoms with Crippen LogP contribution in [0.4, 0.5) is 0 Å². The average molecular weight is 183 g/mol. The molecule has 0 aromatic heterocycles. The van der Waals surface area contributed by atoms with Gasteiger partial charge in [0.15, 0.2) is 0 Å². The Kier molecular flexibility index (Phi) is 1.57. The highest BCUT2D eigenvalue weighted by atomic mass is 16.7. The van der Waals surface area contributed by atoms with Crippen LogP contribution in [0, 0.1) is 16.7 Å². The molecule has 2 aliphatic rings. The van der Waals surface area contributed by atoms with Gasteiger partial charge in [-0.05, 0) is 24.2 Å². The molecule has 1 amide bonds. The third-order valence-electron chi connectivity index (χ3n) is 4.01. The summed E-state index contributed by atoms with van der Waals surface area (Å²) in [6, 6.07) is 0. The zero-order chi connectivity index (χ0) is 9.85. The fourth-order valence-corrected chi connectivity index (χ4v) is 2.65. The average Bonchev–Trinajstić information content (AvgIpc) is 2.85. The van der Waals surface area contributed by atoms with Crippen LogP contribution in [0.15, 0.2) is 0 Å². The number of fused-ring (bicyclic) bond motifs is 1. The zero-order valence-corrected chi connectivity index (χ0v) is 8.76. The van der Waals surface area contributed by atoms with Crippen molar-refractivity contribution < 1.29 is 9.63 Å². The predicted octanol–water partition coefficient (Wildman–Crippen LogP) is 1.44. The maximum atomic E-state index is 11.8. The monoisotopic (exact) mass is 183 g/mol. The first-order valence-corrected chi connectivity index (χ1v) is 4.82. The van der Waals surface area contributed by atoms with Crippen LogP contribution in [0.3, 0.4) is 0 Å². The summed E-state index contributed by atoms with van der Waals surface area (Å²) < 4.78 is 0. The summed E-state index contributed by atoms with van der Waals surface area (Å²) in [5, 5.41) is 1.37. The molecule has 13 heavy (non-hydrogen) atoms. The minimum atomic E-state index is -0.0219. The fraction of sp³-hybridized carbons (Fsp3) is 0.900. The molecule has 74 valence electrons. The van der Waals surface area contributed by atoms with E-state index in [2.05, 4.69) is 13.8 Å². The molecule has 0 unspecified atom stereocenters. The number of carbonyl (C=O) groups excluding carboxylic acids is 1. The lowest BCUT2D eigenvalue weighted by Gasteiger charge is -2.14. The van der Waals surface area contributed by atoms with E-state index >= 15 is 0 Å². The van der Waals surface area contributed by atoms with E-state index in [9.17, 15) is 4.79 Å². The van der Waals surface area contributed by atoms with E-state index in [0.29, 0.717) is 11.3 Å². The van der Waals surface area contributed by atoms with Gasteiger partial charge < -0.3 is 0 Å². The Bertz CT molecular complexity index is 254. The van der Waals surface area contributed by atoms with Gasteiger partial charge in [-0.15, -0.1) is 0 Å². The largest absolute Gasteiger partial charge is 0.275 e. The maximum Gasteiger partial charge on any atom is 0.252 e. The molecule has 0 saturated heterocycles. The summed E-state index contributed by atoms with van der Waals surface area (Å²) in [5.41, 5.74) is 0.322. The Labute approximate surface area is 79.0 Å². The van der Waals surface area contributed by atoms with Gasteiger partial charge in [0.2, 0.25) is 0 Å². The Hall–Kier alpha value is -0.570. The third kappa shape index (κ3) is 0.857. The van der Waals surface area contributed by atoms with E-state index in [1.807, 2.05) is 0 Å². The molecule has 3 heteroatoms. The summed E-state index contributed by atoms with van der Waals surface area (Å²) in [4.78, 5) is 16.7. The third-order valence-corrected chi connectivity index (χ3v) is 4.01. The van der Waals surface area contributed by atoms with Crippen molar-refractivity contribution in [3.8, 4) is 0 Å². The van der Waals surface area contributed by atoms with Gasteiger partial charge in [0.1, 0.15) is 0 Å². The Morgan fingerprint density at radius 3 is 2.31 bits per heavy atom. The van der Waals surface area contributed by atoms with E-state index in [-0.39, 0.29) is 11.3 Å². The molecule has 0 atom stereocenters. The molecule has 2 aliphatic carbocycles. The van der Waals surface area contributed by atoms with Gasteiger partial charge in [0.05, 0.1) is 12.5 Å². The van der Waals surface area contributed by atoms with Crippen LogP contribution in [0.1, 0.15) is 26.7 Å². The second-order valence-electron chi connectivity index (χ2n) is 4.73. The van der Waals surface area contributed by atoms with Gasteiger partial charge in [-0.3, -0.25) is 9.63 Å². The van der Waals surface area contributed by atoms with Crippen molar-refractivity contribution in [2.75, 3.05) is 14.2 Å². The van der Waals surface area contributed by atoms with Gasteiger partial charge in [-0.1, -0.05) is 13.8 Å². The number of nitrogens with zero attached hydrogens (tertiary/aromatic N) is 1. The van der Waals surface area contributed by atoms with E-state index in [1.54, 1.807) is 7.05 Å². The summed E-state index contributed by atoms with van der Waals surface area (Å²) >= 11 is 0. The molecule has 0 radical (unpaired) electrons. The molecule has 0 aliphatic heterocycles. The van der Waals surface area contributed by atoms with Gasteiger partial charge in [0.25, 0.3) is 5.91 Å². The lowest BCUT2D eigenvalue weighted by Crippen LogP contribution is -2.29. The van der Waals surface area contributed by atoms with Gasteiger partial charge in [0, 0.05) is 7.05 Å². The van der Waals surface area contributed by atoms with E-state index in [0.717, 1.165) is 12.8 Å². The zero-order valence-electron chi connectivity index (χ0n) is 8.76. The Morgan fingerprint density at radius 2 is 2.00 bits per heavy atom. The number of hydrogen-bond acceptors (Lipinski definition) is 2. The van der Waals surface area contributed by atoms with E-state index in [1.165, 1.54) is 12.2 Å². The highest BCUT2D eigenvalue weighted by Crippen LogP contribution is 2.89. The first kappa shape index (κ1) is 9.00. The molecule has 0 N–H and O–H groups in total. The number of hydroxylamine groups is 2. The second kappa shape index (κ2) is 2.27. The van der Waals surface area contributed by atoms with Crippen LogP contribution in [0.2, 0.25) is 0 Å². The first-order chi connectivity index (χ1) is 6.00. The van der Waals surface area contributed by atoms with Crippen molar-refractivity contribution in [3.63, 3.8) is 0 Å². The maximum absolute atomic E-state index is 11.8. The highest BCUT2D eigenvalue weighted by Gasteiger charge is 2.88. The lowest BCUT2D eigenvalue weighted by atomic mass is 10.0. The molecule has 2 rings (SSSR count). The fourth-order valence-electron chi connectivity index (χ4n) is 2.65. The molecule has 0 bridgehead atoms. The normalized spacial score (nSPS) is 40.1. The Morgan fingerprint density at radius 1 is 1.46 bits per heavy atom. The van der Waals surface area contributed by atoms with Crippen LogP contribution in [-0.2, 0) is 9.63 Å². The highest BCUT2D eigenvalue weighted by molar-refractivity contribution is 5.91. The van der Waals surface area contributed by atoms with Crippen molar-refractivity contribution in [1.82, 2.24) is 5.06 Å². The van der Waals surface area contributed by atoms with Gasteiger partial charge >= 0.3 is 0 Å². The Balaban J connectivity index is 2.04. The number of hydrogen-bond donors (Lipinski definition) is 0. The van der Waals surface area contributed by atoms with Crippen LogP contribution in [-0.4, -0.2) is 25.1 Å². The van der Waals surface area contributed by atoms with E-state index in [4.69, 9.17) is 4.84 Å². The molecule has 0 spiro atoms. The van der Waals surface area contributed by atoms with Gasteiger partial charge in [-0.25, -0.2) is 5.06 Å². The van der Waals surface area contributed by atoms with Crippen molar-refractivity contribution >= 4 is 5.91 Å². The van der Waals surface area contributed by atoms with Crippen molar-refractivity contribution in [3.05, 3.63) is 0 Å². The van der Waals surface area contributed by atoms with Crippen LogP contribution < -0.4 is 0 Å². The minimum absolute atomic E-state index is 0.0219. The molecule has 2 fully saturated rings. The first-order valence-electron chi connectivity index (χ1n) is 4.82. The lowest BCUT2D eigenvalue weighted by molar-refractivity contribution is -0.172. The topological polar surface area (TPSA) is 29.5 Å². The van der Waals surface area contributed by atoms with Crippen LogP contribution in [0.5, 0.6) is 0 Å². The molecule has 0 heterocycles. The molecule has 0 aromatic rings. The smallest absolute Gasteiger partial charge is 0.252 e. The van der Waals surface area contributed by atoms with E-state index < -0.39 is 0 Å². The van der Waals surface area contributed by atoms with Crippen molar-refractivity contribution in [2.24, 2.45) is 16.7 Å². The quantitative estimate of drug-likeness (QED) is 0.620. The van der Waals surface area contributed by atoms with Crippen LogP contribution in [0.25, 0.3) is 0 Å². The van der Waals surface area contributed by atoms with Crippen molar-refractivity contribution in [2.45, 2.75) is 26.7 Å². The van der Waals surface area contributed by atoms with Crippen LogP contribution >= 0.6 is 0 Å². The SMILES string of the molecule is CON(C)C(=O)C12CC1(C(C)C)C2. The second-order valence-corrected chi connectivity index (χ2v) is 4.73. The summed E-state index contributed by atoms with van der Waals surface area (Å²) in [7, 11) is 3.23. The standard InChI is InChI=1S/C10H17NO2/c1-7(2)9-5-10(9,6-9)8(12)11(3)13-4/h7H,5-6H2,1-4H3. The molecular formula is C10H17NO2.